The summed E-state index contributed by atoms with van der Waals surface area (Å²) in [5.41, 5.74) is 0.742. The third-order valence-electron chi connectivity index (χ3n) is 2.80. The first-order valence-corrected chi connectivity index (χ1v) is 5.83. The minimum Gasteiger partial charge on any atom is -0.478 e. The maximum absolute atomic E-state index is 10.9. The van der Waals surface area contributed by atoms with E-state index in [4.69, 9.17) is 9.52 Å². The van der Waals surface area contributed by atoms with Crippen molar-refractivity contribution >= 4 is 11.6 Å². The molecule has 0 radical (unpaired) electrons. The van der Waals surface area contributed by atoms with Crippen LogP contribution in [0.5, 0.6) is 0 Å². The Morgan fingerprint density at radius 2 is 2.26 bits per heavy atom. The smallest absolute Gasteiger partial charge is 0.335 e. The van der Waals surface area contributed by atoms with Crippen LogP contribution in [0.3, 0.4) is 0 Å². The number of aromatic carboxylic acids is 1. The molecule has 19 heavy (non-hydrogen) atoms. The molecule has 0 fully saturated rings. The highest BCUT2D eigenvalue weighted by atomic mass is 16.4. The Labute approximate surface area is 108 Å². The topological polar surface area (TPSA) is 80.6 Å². The van der Waals surface area contributed by atoms with E-state index in [-0.39, 0.29) is 5.56 Å². The third kappa shape index (κ3) is 2.33. The van der Waals surface area contributed by atoms with Crippen molar-refractivity contribution in [3.8, 4) is 0 Å². The zero-order chi connectivity index (χ0) is 13.2. The van der Waals surface area contributed by atoms with Crippen LogP contribution in [0.1, 0.15) is 21.9 Å². The van der Waals surface area contributed by atoms with Gasteiger partial charge in [-0.05, 0) is 24.3 Å². The van der Waals surface area contributed by atoms with Crippen LogP contribution in [0.4, 0.5) is 0 Å². The first-order valence-electron chi connectivity index (χ1n) is 5.83. The molecule has 3 heterocycles. The molecule has 96 valence electrons. The summed E-state index contributed by atoms with van der Waals surface area (Å²) in [5.74, 6) is 0.576. The van der Waals surface area contributed by atoms with Crippen molar-refractivity contribution in [3.63, 3.8) is 0 Å². The van der Waals surface area contributed by atoms with E-state index in [1.54, 1.807) is 17.0 Å². The molecule has 6 nitrogen and oxygen atoms in total. The summed E-state index contributed by atoms with van der Waals surface area (Å²) in [6.07, 6.45) is 4.60. The first-order chi connectivity index (χ1) is 9.22. The molecule has 0 aliphatic rings. The highest BCUT2D eigenvalue weighted by molar-refractivity contribution is 5.88. The Morgan fingerprint density at radius 3 is 3.00 bits per heavy atom. The van der Waals surface area contributed by atoms with Gasteiger partial charge in [0.05, 0.1) is 11.8 Å². The molecule has 3 rings (SSSR count). The molecule has 0 saturated heterocycles. The van der Waals surface area contributed by atoms with Gasteiger partial charge in [-0.1, -0.05) is 0 Å². The molecule has 6 heteroatoms. The molecule has 0 bridgehead atoms. The number of hydrogen-bond donors (Lipinski definition) is 1. The van der Waals surface area contributed by atoms with Crippen LogP contribution in [0, 0.1) is 0 Å². The average molecular weight is 257 g/mol. The molecule has 1 N–H and O–H groups in total. The molecular formula is C13H11N3O3. The van der Waals surface area contributed by atoms with Crippen LogP contribution in [0.2, 0.25) is 0 Å². The molecule has 0 aromatic carbocycles. The van der Waals surface area contributed by atoms with Gasteiger partial charge in [0, 0.05) is 19.0 Å². The van der Waals surface area contributed by atoms with Gasteiger partial charge in [-0.2, -0.15) is 5.10 Å². The molecule has 0 unspecified atom stereocenters. The maximum Gasteiger partial charge on any atom is 0.335 e. The fraction of sp³-hybridized carbons (Fsp3) is 0.154. The van der Waals surface area contributed by atoms with Crippen LogP contribution in [0.25, 0.3) is 5.65 Å². The van der Waals surface area contributed by atoms with Gasteiger partial charge in [-0.3, -0.25) is 0 Å². The number of fused-ring (bicyclic) bond motifs is 1. The molecule has 0 aliphatic heterocycles. The van der Waals surface area contributed by atoms with Gasteiger partial charge in [-0.25, -0.2) is 14.3 Å². The predicted molar refractivity (Wildman–Crippen MR) is 66.1 cm³/mol. The Morgan fingerprint density at radius 1 is 1.37 bits per heavy atom. The minimum absolute atomic E-state index is 0.206. The lowest BCUT2D eigenvalue weighted by Crippen LogP contribution is -1.97. The van der Waals surface area contributed by atoms with Crippen molar-refractivity contribution in [2.75, 3.05) is 0 Å². The standard InChI is InChI=1S/C13H11N3O3/c17-13(18)9-5-6-16-12(8-9)14-11(15-16)4-3-10-2-1-7-19-10/h1-2,5-8H,3-4H2,(H,17,18). The minimum atomic E-state index is -0.970. The van der Waals surface area contributed by atoms with E-state index in [9.17, 15) is 4.79 Å². The van der Waals surface area contributed by atoms with Crippen molar-refractivity contribution in [1.29, 1.82) is 0 Å². The highest BCUT2D eigenvalue weighted by Crippen LogP contribution is 2.09. The summed E-state index contributed by atoms with van der Waals surface area (Å²) in [5, 5.41) is 13.2. The lowest BCUT2D eigenvalue weighted by atomic mass is 10.2. The van der Waals surface area contributed by atoms with Gasteiger partial charge >= 0.3 is 5.97 Å². The Kier molecular flexibility index (Phi) is 2.75. The lowest BCUT2D eigenvalue weighted by Gasteiger charge is -1.93. The second-order valence-electron chi connectivity index (χ2n) is 4.13. The van der Waals surface area contributed by atoms with Crippen molar-refractivity contribution in [1.82, 2.24) is 14.6 Å². The average Bonchev–Trinajstić information content (AvgIpc) is 3.04. The van der Waals surface area contributed by atoms with Crippen molar-refractivity contribution in [2.45, 2.75) is 12.8 Å². The number of rotatable bonds is 4. The number of carboxylic acid groups (broad SMARTS) is 1. The Bertz CT molecular complexity index is 716. The summed E-state index contributed by atoms with van der Waals surface area (Å²) >= 11 is 0. The molecule has 0 amide bonds. The lowest BCUT2D eigenvalue weighted by molar-refractivity contribution is 0.0697. The van der Waals surface area contributed by atoms with Gasteiger partial charge in [0.15, 0.2) is 11.5 Å². The Balaban J connectivity index is 1.83. The monoisotopic (exact) mass is 257 g/mol. The van der Waals surface area contributed by atoms with Gasteiger partial charge in [0.25, 0.3) is 0 Å². The van der Waals surface area contributed by atoms with Crippen LogP contribution in [0.15, 0.2) is 41.1 Å². The molecule has 3 aromatic heterocycles. The maximum atomic E-state index is 10.9. The van der Waals surface area contributed by atoms with Crippen molar-refractivity contribution in [2.24, 2.45) is 0 Å². The second kappa shape index (κ2) is 4.56. The van der Waals surface area contributed by atoms with Crippen molar-refractivity contribution < 1.29 is 14.3 Å². The normalized spacial score (nSPS) is 10.9. The van der Waals surface area contributed by atoms with E-state index in [2.05, 4.69) is 10.1 Å². The van der Waals surface area contributed by atoms with Crippen LogP contribution >= 0.6 is 0 Å². The van der Waals surface area contributed by atoms with Crippen LogP contribution in [-0.4, -0.2) is 25.7 Å². The molecule has 0 spiro atoms. The van der Waals surface area contributed by atoms with Gasteiger partial charge in [-0.15, -0.1) is 0 Å². The molecular weight excluding hydrogens is 246 g/mol. The molecule has 0 atom stereocenters. The number of carboxylic acids is 1. The van der Waals surface area contributed by atoms with E-state index in [0.717, 1.165) is 12.2 Å². The first kappa shape index (κ1) is 11.5. The molecule has 0 aliphatic carbocycles. The van der Waals surface area contributed by atoms with E-state index < -0.39 is 5.97 Å². The van der Waals surface area contributed by atoms with Gasteiger partial charge in [0.1, 0.15) is 5.76 Å². The zero-order valence-electron chi connectivity index (χ0n) is 9.98. The van der Waals surface area contributed by atoms with E-state index in [1.165, 1.54) is 12.1 Å². The number of nitrogens with zero attached hydrogens (tertiary/aromatic N) is 3. The zero-order valence-corrected chi connectivity index (χ0v) is 9.98. The number of pyridine rings is 1. The predicted octanol–water partition coefficient (Wildman–Crippen LogP) is 1.81. The largest absolute Gasteiger partial charge is 0.478 e. The fourth-order valence-corrected chi connectivity index (χ4v) is 1.86. The summed E-state index contributed by atoms with van der Waals surface area (Å²) in [4.78, 5) is 15.2. The number of hydrogen-bond acceptors (Lipinski definition) is 4. The van der Waals surface area contributed by atoms with Crippen LogP contribution < -0.4 is 0 Å². The molecule has 0 saturated carbocycles. The number of carbonyl (C=O) groups is 1. The second-order valence-corrected chi connectivity index (χ2v) is 4.13. The quantitative estimate of drug-likeness (QED) is 0.770. The van der Waals surface area contributed by atoms with Crippen LogP contribution in [-0.2, 0) is 12.8 Å². The highest BCUT2D eigenvalue weighted by Gasteiger charge is 2.08. The number of aryl methyl sites for hydroxylation is 2. The molecule has 3 aromatic rings. The van der Waals surface area contributed by atoms with Crippen molar-refractivity contribution in [3.05, 3.63) is 53.9 Å². The van der Waals surface area contributed by atoms with E-state index in [0.29, 0.717) is 17.9 Å². The van der Waals surface area contributed by atoms with E-state index in [1.807, 2.05) is 12.1 Å². The van der Waals surface area contributed by atoms with Gasteiger partial charge < -0.3 is 9.52 Å². The number of furan rings is 1. The third-order valence-corrected chi connectivity index (χ3v) is 2.80. The Hall–Kier alpha value is -2.63. The van der Waals surface area contributed by atoms with E-state index >= 15 is 0 Å². The van der Waals surface area contributed by atoms with Gasteiger partial charge in [0.2, 0.25) is 0 Å². The summed E-state index contributed by atoms with van der Waals surface area (Å²) in [6, 6.07) is 6.75. The number of aromatic nitrogens is 3. The summed E-state index contributed by atoms with van der Waals surface area (Å²) < 4.78 is 6.81. The SMILES string of the molecule is O=C(O)c1ccn2nc(CCc3ccco3)nc2c1. The summed E-state index contributed by atoms with van der Waals surface area (Å²) in [6.45, 7) is 0. The fourth-order valence-electron chi connectivity index (χ4n) is 1.86. The summed E-state index contributed by atoms with van der Waals surface area (Å²) in [7, 11) is 0.